The van der Waals surface area contributed by atoms with E-state index in [9.17, 15) is 4.79 Å². The maximum absolute atomic E-state index is 13.1. The first-order valence-corrected chi connectivity index (χ1v) is 11.1. The third kappa shape index (κ3) is 2.84. The smallest absolute Gasteiger partial charge is 0.247 e. The zero-order valence-corrected chi connectivity index (χ0v) is 15.9. The fourth-order valence-corrected chi connectivity index (χ4v) is 6.01. The Kier molecular flexibility index (Phi) is 4.43. The molecular weight excluding hydrogens is 344 g/mol. The summed E-state index contributed by atoms with van der Waals surface area (Å²) in [5.74, 6) is 1.16. The number of rotatable bonds is 2. The fraction of sp³-hybridized carbons (Fsp3) is 0.619. The highest BCUT2D eigenvalue weighted by Crippen LogP contribution is 2.47. The number of para-hydroxylation sites is 1. The summed E-state index contributed by atoms with van der Waals surface area (Å²) in [6.07, 6.45) is 9.82. The van der Waals surface area contributed by atoms with E-state index < -0.39 is 0 Å². The van der Waals surface area contributed by atoms with Gasteiger partial charge in [-0.15, -0.1) is 0 Å². The van der Waals surface area contributed by atoms with Crippen molar-refractivity contribution in [3.8, 4) is 0 Å². The van der Waals surface area contributed by atoms with Crippen molar-refractivity contribution in [1.82, 2.24) is 0 Å². The minimum absolute atomic E-state index is 0.207. The molecule has 0 spiro atoms. The van der Waals surface area contributed by atoms with E-state index >= 15 is 0 Å². The SMILES string of the molecule is O=C(CSC1=N[C@H]2CCCC[C@H]2O1)N1c2ccccc2[C@@H]2CCCC[C@@H]21. The van der Waals surface area contributed by atoms with E-state index in [1.54, 1.807) is 0 Å². The number of nitrogens with zero attached hydrogens (tertiary/aromatic N) is 2. The normalized spacial score (nSPS) is 32.3. The number of benzene rings is 1. The number of carbonyl (C=O) groups is 1. The molecular formula is C21H26N2O2S. The first kappa shape index (κ1) is 16.7. The van der Waals surface area contributed by atoms with Crippen LogP contribution in [0.25, 0.3) is 0 Å². The molecule has 2 heterocycles. The highest BCUT2D eigenvalue weighted by Gasteiger charge is 2.42. The van der Waals surface area contributed by atoms with Crippen molar-refractivity contribution in [2.75, 3.05) is 10.7 Å². The molecule has 0 bridgehead atoms. The monoisotopic (exact) mass is 370 g/mol. The lowest BCUT2D eigenvalue weighted by molar-refractivity contribution is -0.116. The molecule has 2 fully saturated rings. The van der Waals surface area contributed by atoms with E-state index in [0.29, 0.717) is 23.8 Å². The Labute approximate surface area is 159 Å². The molecule has 0 N–H and O–H groups in total. The molecule has 26 heavy (non-hydrogen) atoms. The van der Waals surface area contributed by atoms with Gasteiger partial charge in [-0.25, -0.2) is 4.99 Å². The van der Waals surface area contributed by atoms with Crippen molar-refractivity contribution < 1.29 is 9.53 Å². The van der Waals surface area contributed by atoms with E-state index in [1.165, 1.54) is 49.4 Å². The number of thioether (sulfide) groups is 1. The molecule has 1 amide bonds. The first-order valence-electron chi connectivity index (χ1n) is 10.1. The fourth-order valence-electron chi connectivity index (χ4n) is 5.22. The Bertz CT molecular complexity index is 734. The lowest BCUT2D eigenvalue weighted by Gasteiger charge is -2.32. The minimum Gasteiger partial charge on any atom is -0.467 e. The van der Waals surface area contributed by atoms with Gasteiger partial charge in [0.15, 0.2) is 0 Å². The molecule has 0 aromatic heterocycles. The standard InChI is InChI=1S/C21H26N2O2S/c24-20(13-26-21-22-16-9-3-6-12-19(16)25-21)23-17-10-4-1-7-14(17)15-8-2-5-11-18(15)23/h1,4,7,10,15-16,18-19H,2-3,5-6,8-9,11-13H2/t15-,16-,18-,19+/m0/s1. The quantitative estimate of drug-likeness (QED) is 0.770. The molecule has 5 rings (SSSR count). The molecule has 2 saturated carbocycles. The number of aliphatic imine (C=N–C) groups is 1. The number of ether oxygens (including phenoxy) is 1. The van der Waals surface area contributed by atoms with E-state index in [1.807, 2.05) is 0 Å². The van der Waals surface area contributed by atoms with Crippen LogP contribution in [0.5, 0.6) is 0 Å². The van der Waals surface area contributed by atoms with Gasteiger partial charge in [0, 0.05) is 17.6 Å². The molecule has 1 aromatic rings. The molecule has 0 radical (unpaired) electrons. The van der Waals surface area contributed by atoms with Gasteiger partial charge in [-0.05, 0) is 43.7 Å². The van der Waals surface area contributed by atoms with Crippen LogP contribution in [-0.2, 0) is 9.53 Å². The van der Waals surface area contributed by atoms with Crippen LogP contribution in [0.3, 0.4) is 0 Å². The van der Waals surface area contributed by atoms with Crippen LogP contribution in [0, 0.1) is 0 Å². The van der Waals surface area contributed by atoms with Crippen molar-refractivity contribution in [2.45, 2.75) is 75.5 Å². The highest BCUT2D eigenvalue weighted by molar-refractivity contribution is 8.14. The summed E-state index contributed by atoms with van der Waals surface area (Å²) in [6.45, 7) is 0. The van der Waals surface area contributed by atoms with Gasteiger partial charge < -0.3 is 9.64 Å². The summed E-state index contributed by atoms with van der Waals surface area (Å²) >= 11 is 1.50. The zero-order chi connectivity index (χ0) is 17.5. The second-order valence-electron chi connectivity index (χ2n) is 7.97. The molecule has 1 aromatic carbocycles. The predicted molar refractivity (Wildman–Crippen MR) is 106 cm³/mol. The lowest BCUT2D eigenvalue weighted by Crippen LogP contribution is -2.41. The minimum atomic E-state index is 0.207. The van der Waals surface area contributed by atoms with Crippen LogP contribution in [0.15, 0.2) is 29.3 Å². The molecule has 2 aliphatic heterocycles. The van der Waals surface area contributed by atoms with Gasteiger partial charge in [0.2, 0.25) is 11.1 Å². The zero-order valence-electron chi connectivity index (χ0n) is 15.1. The second kappa shape index (κ2) is 6.91. The average molecular weight is 371 g/mol. The summed E-state index contributed by atoms with van der Waals surface area (Å²) in [5.41, 5.74) is 2.51. The van der Waals surface area contributed by atoms with E-state index in [2.05, 4.69) is 29.2 Å². The van der Waals surface area contributed by atoms with Crippen LogP contribution >= 0.6 is 11.8 Å². The largest absolute Gasteiger partial charge is 0.467 e. The summed E-state index contributed by atoms with van der Waals surface area (Å²) in [7, 11) is 0. The number of hydrogen-bond acceptors (Lipinski definition) is 4. The number of anilines is 1. The van der Waals surface area contributed by atoms with Crippen LogP contribution in [0.2, 0.25) is 0 Å². The van der Waals surface area contributed by atoms with Crippen molar-refractivity contribution in [1.29, 1.82) is 0 Å². The van der Waals surface area contributed by atoms with Crippen LogP contribution in [0.4, 0.5) is 5.69 Å². The van der Waals surface area contributed by atoms with Gasteiger partial charge in [-0.3, -0.25) is 4.79 Å². The molecule has 4 aliphatic rings. The van der Waals surface area contributed by atoms with Crippen molar-refractivity contribution >= 4 is 28.6 Å². The molecule has 138 valence electrons. The third-order valence-corrected chi connectivity index (χ3v) is 7.28. The summed E-state index contributed by atoms with van der Waals surface area (Å²) in [4.78, 5) is 19.9. The van der Waals surface area contributed by atoms with E-state index in [4.69, 9.17) is 9.73 Å². The second-order valence-corrected chi connectivity index (χ2v) is 8.90. The van der Waals surface area contributed by atoms with E-state index in [-0.39, 0.29) is 12.0 Å². The van der Waals surface area contributed by atoms with Gasteiger partial charge in [0.1, 0.15) is 6.10 Å². The Balaban J connectivity index is 1.29. The van der Waals surface area contributed by atoms with Crippen molar-refractivity contribution in [3.63, 3.8) is 0 Å². The number of hydrogen-bond donors (Lipinski definition) is 0. The highest BCUT2D eigenvalue weighted by atomic mass is 32.2. The van der Waals surface area contributed by atoms with Crippen LogP contribution in [-0.4, -0.2) is 35.1 Å². The Morgan fingerprint density at radius 1 is 1.12 bits per heavy atom. The molecule has 4 atom stereocenters. The molecule has 0 saturated heterocycles. The molecule has 5 heteroatoms. The van der Waals surface area contributed by atoms with Gasteiger partial charge in [0.05, 0.1) is 11.8 Å². The van der Waals surface area contributed by atoms with Crippen molar-refractivity contribution in [2.24, 2.45) is 4.99 Å². The molecule has 0 unspecified atom stereocenters. The predicted octanol–water partition coefficient (Wildman–Crippen LogP) is 4.49. The topological polar surface area (TPSA) is 41.9 Å². The van der Waals surface area contributed by atoms with Gasteiger partial charge >= 0.3 is 0 Å². The Morgan fingerprint density at radius 3 is 2.85 bits per heavy atom. The van der Waals surface area contributed by atoms with Gasteiger partial charge in [-0.1, -0.05) is 49.2 Å². The average Bonchev–Trinajstić information content (AvgIpc) is 3.25. The Hall–Kier alpha value is -1.49. The van der Waals surface area contributed by atoms with Crippen LogP contribution < -0.4 is 4.90 Å². The summed E-state index contributed by atoms with van der Waals surface area (Å²) in [6, 6.07) is 9.18. The molecule has 4 nitrogen and oxygen atoms in total. The van der Waals surface area contributed by atoms with Gasteiger partial charge in [-0.2, -0.15) is 0 Å². The first-order chi connectivity index (χ1) is 12.8. The van der Waals surface area contributed by atoms with Gasteiger partial charge in [0.25, 0.3) is 0 Å². The van der Waals surface area contributed by atoms with Crippen molar-refractivity contribution in [3.05, 3.63) is 29.8 Å². The summed E-state index contributed by atoms with van der Waals surface area (Å²) in [5, 5.41) is 0.739. The molecule has 2 aliphatic carbocycles. The maximum atomic E-state index is 13.1. The summed E-state index contributed by atoms with van der Waals surface area (Å²) < 4.78 is 6.00. The third-order valence-electron chi connectivity index (χ3n) is 6.44. The number of fused-ring (bicyclic) bond motifs is 4. The van der Waals surface area contributed by atoms with Crippen LogP contribution in [0.1, 0.15) is 62.8 Å². The Morgan fingerprint density at radius 2 is 1.92 bits per heavy atom. The number of amides is 1. The lowest BCUT2D eigenvalue weighted by atomic mass is 9.82. The number of carbonyl (C=O) groups excluding carboxylic acids is 1. The van der Waals surface area contributed by atoms with E-state index in [0.717, 1.165) is 30.2 Å². The maximum Gasteiger partial charge on any atom is 0.247 e.